The predicted octanol–water partition coefficient (Wildman–Crippen LogP) is 2.06. The van der Waals surface area contributed by atoms with Crippen molar-refractivity contribution in [1.29, 1.82) is 0 Å². The zero-order valence-electron chi connectivity index (χ0n) is 9.52. The molecule has 0 aliphatic heterocycles. The van der Waals surface area contributed by atoms with Crippen molar-refractivity contribution in [3.05, 3.63) is 58.7 Å². The van der Waals surface area contributed by atoms with Crippen LogP contribution in [0.1, 0.15) is 16.8 Å². The van der Waals surface area contributed by atoms with Gasteiger partial charge in [0.15, 0.2) is 5.78 Å². The van der Waals surface area contributed by atoms with Gasteiger partial charge in [0.2, 0.25) is 0 Å². The second kappa shape index (κ2) is 5.22. The zero-order valence-corrected chi connectivity index (χ0v) is 9.52. The summed E-state index contributed by atoms with van der Waals surface area (Å²) in [5.74, 6) is -0.0430. The van der Waals surface area contributed by atoms with Gasteiger partial charge >= 0.3 is 0 Å². The first-order valence-corrected chi connectivity index (χ1v) is 5.40. The molecule has 2 rings (SSSR count). The third-order valence-corrected chi connectivity index (χ3v) is 2.56. The minimum absolute atomic E-state index is 0.0128. The number of nitrogens with zero attached hydrogens (tertiary/aromatic N) is 3. The lowest BCUT2D eigenvalue weighted by Crippen LogP contribution is -2.04. The van der Waals surface area contributed by atoms with E-state index in [4.69, 9.17) is 0 Å². The van der Waals surface area contributed by atoms with Crippen LogP contribution in [0.4, 0.5) is 5.69 Å². The summed E-state index contributed by atoms with van der Waals surface area (Å²) >= 11 is 0. The molecule has 18 heavy (non-hydrogen) atoms. The van der Waals surface area contributed by atoms with Crippen LogP contribution < -0.4 is 0 Å². The topological polar surface area (TPSA) is 78.0 Å². The fraction of sp³-hybridized carbons (Fsp3) is 0.167. The highest BCUT2D eigenvalue weighted by Crippen LogP contribution is 2.13. The second-order valence-electron chi connectivity index (χ2n) is 3.78. The first kappa shape index (κ1) is 12.0. The van der Waals surface area contributed by atoms with Crippen molar-refractivity contribution in [2.45, 2.75) is 13.0 Å². The highest BCUT2D eigenvalue weighted by atomic mass is 16.6. The smallest absolute Gasteiger partial charge is 0.269 e. The van der Waals surface area contributed by atoms with Crippen molar-refractivity contribution < 1.29 is 9.72 Å². The monoisotopic (exact) mass is 245 g/mol. The minimum atomic E-state index is -0.486. The van der Waals surface area contributed by atoms with Gasteiger partial charge in [-0.15, -0.1) is 0 Å². The van der Waals surface area contributed by atoms with Gasteiger partial charge in [-0.25, -0.2) is 4.98 Å². The van der Waals surface area contributed by atoms with Crippen LogP contribution in [-0.2, 0) is 6.54 Å². The molecule has 0 saturated heterocycles. The lowest BCUT2D eigenvalue weighted by Gasteiger charge is -2.02. The van der Waals surface area contributed by atoms with E-state index in [1.165, 1.54) is 24.3 Å². The number of carbonyl (C=O) groups is 1. The van der Waals surface area contributed by atoms with Crippen molar-refractivity contribution >= 4 is 11.5 Å². The number of hydrogen-bond acceptors (Lipinski definition) is 4. The highest BCUT2D eigenvalue weighted by molar-refractivity contribution is 5.96. The molecule has 1 aromatic heterocycles. The largest absolute Gasteiger partial charge is 0.337 e. The van der Waals surface area contributed by atoms with Gasteiger partial charge in [-0.2, -0.15) is 0 Å². The van der Waals surface area contributed by atoms with E-state index in [1.807, 2.05) is 4.57 Å². The molecule has 1 heterocycles. The average Bonchev–Trinajstić information content (AvgIpc) is 2.89. The Balaban J connectivity index is 1.98. The van der Waals surface area contributed by atoms with Crippen LogP contribution in [-0.4, -0.2) is 20.3 Å². The SMILES string of the molecule is O=C(CCn1ccnc1)c1ccc([N+](=O)[O-])cc1. The minimum Gasteiger partial charge on any atom is -0.337 e. The average molecular weight is 245 g/mol. The second-order valence-corrected chi connectivity index (χ2v) is 3.78. The Hall–Kier alpha value is -2.50. The number of nitro benzene ring substituents is 1. The summed E-state index contributed by atoms with van der Waals surface area (Å²) in [6, 6.07) is 5.64. The summed E-state index contributed by atoms with van der Waals surface area (Å²) in [5, 5.41) is 10.5. The van der Waals surface area contributed by atoms with E-state index in [0.717, 1.165) is 0 Å². The van der Waals surface area contributed by atoms with Crippen LogP contribution in [0.2, 0.25) is 0 Å². The third kappa shape index (κ3) is 2.79. The van der Waals surface area contributed by atoms with Gasteiger partial charge in [0.1, 0.15) is 0 Å². The Bertz CT molecular complexity index is 546. The number of aryl methyl sites for hydroxylation is 1. The van der Waals surface area contributed by atoms with Crippen molar-refractivity contribution in [3.8, 4) is 0 Å². The molecule has 2 aromatic rings. The molecule has 0 unspecified atom stereocenters. The Morgan fingerprint density at radius 1 is 1.33 bits per heavy atom. The Morgan fingerprint density at radius 3 is 2.61 bits per heavy atom. The lowest BCUT2D eigenvalue weighted by atomic mass is 10.1. The van der Waals surface area contributed by atoms with Gasteiger partial charge in [0.25, 0.3) is 5.69 Å². The maximum Gasteiger partial charge on any atom is 0.269 e. The zero-order chi connectivity index (χ0) is 13.0. The van der Waals surface area contributed by atoms with Gasteiger partial charge in [0, 0.05) is 43.1 Å². The number of imidazole rings is 1. The Labute approximate surface area is 103 Å². The normalized spacial score (nSPS) is 10.2. The molecule has 0 bridgehead atoms. The summed E-state index contributed by atoms with van der Waals surface area (Å²) in [6.45, 7) is 0.551. The van der Waals surface area contributed by atoms with E-state index < -0.39 is 4.92 Å². The van der Waals surface area contributed by atoms with E-state index in [1.54, 1.807) is 18.7 Å². The van der Waals surface area contributed by atoms with Crippen molar-refractivity contribution in [1.82, 2.24) is 9.55 Å². The summed E-state index contributed by atoms with van der Waals surface area (Å²) in [5.41, 5.74) is 0.474. The molecule has 0 aliphatic rings. The fourth-order valence-corrected chi connectivity index (χ4v) is 1.56. The highest BCUT2D eigenvalue weighted by Gasteiger charge is 2.09. The van der Waals surface area contributed by atoms with E-state index in [0.29, 0.717) is 18.5 Å². The van der Waals surface area contributed by atoms with E-state index in [9.17, 15) is 14.9 Å². The van der Waals surface area contributed by atoms with Crippen molar-refractivity contribution in [2.75, 3.05) is 0 Å². The predicted molar refractivity (Wildman–Crippen MR) is 64.3 cm³/mol. The molecule has 6 heteroatoms. The number of nitro groups is 1. The molecule has 0 N–H and O–H groups in total. The van der Waals surface area contributed by atoms with Crippen molar-refractivity contribution in [3.63, 3.8) is 0 Å². The summed E-state index contributed by atoms with van der Waals surface area (Å²) in [4.78, 5) is 25.7. The number of rotatable bonds is 5. The Kier molecular flexibility index (Phi) is 3.47. The van der Waals surface area contributed by atoms with Crippen molar-refractivity contribution in [2.24, 2.45) is 0 Å². The fourth-order valence-electron chi connectivity index (χ4n) is 1.56. The lowest BCUT2D eigenvalue weighted by molar-refractivity contribution is -0.384. The molecule has 6 nitrogen and oxygen atoms in total. The van der Waals surface area contributed by atoms with Crippen LogP contribution in [0.25, 0.3) is 0 Å². The number of benzene rings is 1. The molecule has 0 fully saturated rings. The summed E-state index contributed by atoms with van der Waals surface area (Å²) in [7, 11) is 0. The quantitative estimate of drug-likeness (QED) is 0.459. The number of hydrogen-bond donors (Lipinski definition) is 0. The first-order valence-electron chi connectivity index (χ1n) is 5.40. The molecule has 0 saturated carbocycles. The standard InChI is InChI=1S/C12H11N3O3/c16-12(5-7-14-8-6-13-9-14)10-1-3-11(4-2-10)15(17)18/h1-4,6,8-9H,5,7H2. The van der Waals surface area contributed by atoms with E-state index >= 15 is 0 Å². The van der Waals surface area contributed by atoms with Gasteiger partial charge in [0.05, 0.1) is 11.3 Å². The first-order chi connectivity index (χ1) is 8.66. The number of non-ortho nitro benzene ring substituents is 1. The molecule has 0 aliphatic carbocycles. The van der Waals surface area contributed by atoms with Crippen LogP contribution in [0, 0.1) is 10.1 Å². The van der Waals surface area contributed by atoms with Crippen LogP contribution in [0.3, 0.4) is 0 Å². The molecule has 1 aromatic carbocycles. The molecule has 0 atom stereocenters. The Morgan fingerprint density at radius 2 is 2.06 bits per heavy atom. The van der Waals surface area contributed by atoms with Gasteiger partial charge in [-0.3, -0.25) is 14.9 Å². The van der Waals surface area contributed by atoms with Crippen LogP contribution in [0.5, 0.6) is 0 Å². The number of Topliss-reactive ketones (excluding diaryl/α,β-unsaturated/α-hetero) is 1. The summed E-state index contributed by atoms with van der Waals surface area (Å²) in [6.07, 6.45) is 5.41. The maximum atomic E-state index is 11.8. The maximum absolute atomic E-state index is 11.8. The molecule has 92 valence electrons. The molecule has 0 spiro atoms. The summed E-state index contributed by atoms with van der Waals surface area (Å²) < 4.78 is 1.81. The van der Waals surface area contributed by atoms with Crippen LogP contribution >= 0.6 is 0 Å². The van der Waals surface area contributed by atoms with Gasteiger partial charge in [-0.05, 0) is 12.1 Å². The number of aromatic nitrogens is 2. The van der Waals surface area contributed by atoms with Crippen LogP contribution in [0.15, 0.2) is 43.0 Å². The molecule has 0 amide bonds. The van der Waals surface area contributed by atoms with E-state index in [-0.39, 0.29) is 11.5 Å². The molecular formula is C12H11N3O3. The molecular weight excluding hydrogens is 234 g/mol. The van der Waals surface area contributed by atoms with Gasteiger partial charge < -0.3 is 4.57 Å². The number of ketones is 1. The van der Waals surface area contributed by atoms with Gasteiger partial charge in [-0.1, -0.05) is 0 Å². The van der Waals surface area contributed by atoms with E-state index in [2.05, 4.69) is 4.98 Å². The molecule has 0 radical (unpaired) electrons. The number of carbonyl (C=O) groups excluding carboxylic acids is 1. The third-order valence-electron chi connectivity index (χ3n) is 2.56.